The Morgan fingerprint density at radius 3 is 2.34 bits per heavy atom. The van der Waals surface area contributed by atoms with Gasteiger partial charge < -0.3 is 19.6 Å². The molecule has 0 radical (unpaired) electrons. The SMILES string of the molecule is O=C(CCOc1ccc(O)cc1)N1CCN(C(=O)c2cccc([N+](=O)[O-])c2)CC1. The molecular weight excluding hydrogens is 378 g/mol. The molecule has 0 unspecified atom stereocenters. The molecule has 1 aliphatic heterocycles. The molecule has 2 aromatic carbocycles. The van der Waals surface area contributed by atoms with E-state index in [9.17, 15) is 24.8 Å². The van der Waals surface area contributed by atoms with E-state index in [0.717, 1.165) is 0 Å². The van der Waals surface area contributed by atoms with E-state index in [4.69, 9.17) is 4.74 Å². The maximum Gasteiger partial charge on any atom is 0.270 e. The van der Waals surface area contributed by atoms with Gasteiger partial charge in [0.1, 0.15) is 11.5 Å². The van der Waals surface area contributed by atoms with E-state index in [0.29, 0.717) is 31.9 Å². The number of carbonyl (C=O) groups excluding carboxylic acids is 2. The Labute approximate surface area is 167 Å². The number of phenolic OH excluding ortho intramolecular Hbond substituents is 1. The zero-order valence-corrected chi connectivity index (χ0v) is 15.7. The van der Waals surface area contributed by atoms with Gasteiger partial charge in [-0.3, -0.25) is 19.7 Å². The Morgan fingerprint density at radius 1 is 1.03 bits per heavy atom. The fourth-order valence-electron chi connectivity index (χ4n) is 3.05. The molecule has 0 saturated carbocycles. The first-order valence-corrected chi connectivity index (χ1v) is 9.17. The van der Waals surface area contributed by atoms with Crippen LogP contribution in [0.3, 0.4) is 0 Å². The van der Waals surface area contributed by atoms with Crippen molar-refractivity contribution >= 4 is 17.5 Å². The van der Waals surface area contributed by atoms with Crippen LogP contribution in [0, 0.1) is 10.1 Å². The van der Waals surface area contributed by atoms with Gasteiger partial charge >= 0.3 is 0 Å². The first kappa shape index (κ1) is 20.1. The van der Waals surface area contributed by atoms with Crippen LogP contribution >= 0.6 is 0 Å². The van der Waals surface area contributed by atoms with Crippen molar-refractivity contribution in [2.45, 2.75) is 6.42 Å². The lowest BCUT2D eigenvalue weighted by molar-refractivity contribution is -0.384. The molecule has 9 heteroatoms. The number of carbonyl (C=O) groups is 2. The average Bonchev–Trinajstić information content (AvgIpc) is 2.74. The minimum absolute atomic E-state index is 0.0637. The Bertz CT molecular complexity index is 891. The number of hydrogen-bond acceptors (Lipinski definition) is 6. The summed E-state index contributed by atoms with van der Waals surface area (Å²) in [6.45, 7) is 1.76. The fraction of sp³-hybridized carbons (Fsp3) is 0.300. The summed E-state index contributed by atoms with van der Waals surface area (Å²) in [5, 5.41) is 20.1. The van der Waals surface area contributed by atoms with Crippen molar-refractivity contribution in [2.24, 2.45) is 0 Å². The number of nitro benzene ring substituents is 1. The Hall–Kier alpha value is -3.62. The number of amides is 2. The molecule has 1 heterocycles. The van der Waals surface area contributed by atoms with Crippen molar-refractivity contribution in [3.05, 3.63) is 64.2 Å². The van der Waals surface area contributed by atoms with Crippen LogP contribution in [0.25, 0.3) is 0 Å². The van der Waals surface area contributed by atoms with Crippen LogP contribution in [0.5, 0.6) is 11.5 Å². The molecule has 29 heavy (non-hydrogen) atoms. The van der Waals surface area contributed by atoms with Crippen LogP contribution in [-0.2, 0) is 4.79 Å². The van der Waals surface area contributed by atoms with Gasteiger partial charge in [-0.05, 0) is 30.3 Å². The molecule has 1 saturated heterocycles. The molecule has 3 rings (SSSR count). The largest absolute Gasteiger partial charge is 0.508 e. The standard InChI is InChI=1S/C20H21N3O6/c24-17-4-6-18(7-5-17)29-13-8-19(25)21-9-11-22(12-10-21)20(26)15-2-1-3-16(14-15)23(27)28/h1-7,14,24H,8-13H2. The molecule has 2 aromatic rings. The van der Waals surface area contributed by atoms with Crippen molar-refractivity contribution in [3.63, 3.8) is 0 Å². The summed E-state index contributed by atoms with van der Waals surface area (Å²) in [6.07, 6.45) is 0.208. The lowest BCUT2D eigenvalue weighted by atomic mass is 10.1. The highest BCUT2D eigenvalue weighted by molar-refractivity contribution is 5.95. The number of nitro groups is 1. The number of rotatable bonds is 6. The molecule has 1 fully saturated rings. The van der Waals surface area contributed by atoms with Crippen molar-refractivity contribution in [3.8, 4) is 11.5 Å². The molecule has 152 valence electrons. The van der Waals surface area contributed by atoms with Crippen molar-refractivity contribution in [1.29, 1.82) is 0 Å². The third-order valence-corrected chi connectivity index (χ3v) is 4.64. The monoisotopic (exact) mass is 399 g/mol. The molecule has 1 N–H and O–H groups in total. The average molecular weight is 399 g/mol. The van der Waals surface area contributed by atoms with E-state index in [-0.39, 0.29) is 41.8 Å². The van der Waals surface area contributed by atoms with Gasteiger partial charge in [0.15, 0.2) is 0 Å². The molecule has 0 bridgehead atoms. The zero-order chi connectivity index (χ0) is 20.8. The summed E-state index contributed by atoms with van der Waals surface area (Å²) in [5.41, 5.74) is 0.138. The number of benzene rings is 2. The predicted molar refractivity (Wildman–Crippen MR) is 104 cm³/mol. The molecule has 0 spiro atoms. The number of ether oxygens (including phenoxy) is 1. The molecule has 2 amide bonds. The molecule has 0 aromatic heterocycles. The summed E-state index contributed by atoms with van der Waals surface area (Å²) in [5.74, 6) is 0.372. The molecule has 0 aliphatic carbocycles. The van der Waals surface area contributed by atoms with Gasteiger partial charge in [-0.1, -0.05) is 6.07 Å². The highest BCUT2D eigenvalue weighted by atomic mass is 16.6. The summed E-state index contributed by atoms with van der Waals surface area (Å²) < 4.78 is 5.49. The van der Waals surface area contributed by atoms with E-state index in [2.05, 4.69) is 0 Å². The van der Waals surface area contributed by atoms with E-state index in [1.807, 2.05) is 0 Å². The van der Waals surface area contributed by atoms with Crippen molar-refractivity contribution < 1.29 is 24.4 Å². The lowest BCUT2D eigenvalue weighted by Crippen LogP contribution is -2.50. The minimum Gasteiger partial charge on any atom is -0.508 e. The van der Waals surface area contributed by atoms with Crippen LogP contribution in [0.4, 0.5) is 5.69 Å². The second-order valence-corrected chi connectivity index (χ2v) is 6.57. The van der Waals surface area contributed by atoms with Crippen LogP contribution in [0.15, 0.2) is 48.5 Å². The van der Waals surface area contributed by atoms with Gasteiger partial charge in [0.2, 0.25) is 5.91 Å². The zero-order valence-electron chi connectivity index (χ0n) is 15.7. The fourth-order valence-corrected chi connectivity index (χ4v) is 3.05. The number of non-ortho nitro benzene ring substituents is 1. The van der Waals surface area contributed by atoms with Crippen LogP contribution in [-0.4, -0.2) is 64.4 Å². The highest BCUT2D eigenvalue weighted by Crippen LogP contribution is 2.17. The van der Waals surface area contributed by atoms with Crippen LogP contribution < -0.4 is 4.74 Å². The van der Waals surface area contributed by atoms with Gasteiger partial charge in [-0.2, -0.15) is 0 Å². The normalized spacial score (nSPS) is 13.8. The van der Waals surface area contributed by atoms with Crippen LogP contribution in [0.1, 0.15) is 16.8 Å². The highest BCUT2D eigenvalue weighted by Gasteiger charge is 2.25. The van der Waals surface area contributed by atoms with Gasteiger partial charge in [0.25, 0.3) is 11.6 Å². The maximum atomic E-state index is 12.6. The third-order valence-electron chi connectivity index (χ3n) is 4.64. The van der Waals surface area contributed by atoms with Gasteiger partial charge in [0.05, 0.1) is 18.0 Å². The van der Waals surface area contributed by atoms with Crippen LogP contribution in [0.2, 0.25) is 0 Å². The van der Waals surface area contributed by atoms with Crippen molar-refractivity contribution in [1.82, 2.24) is 9.80 Å². The summed E-state index contributed by atoms with van der Waals surface area (Å²) >= 11 is 0. The quantitative estimate of drug-likeness (QED) is 0.588. The number of hydrogen-bond donors (Lipinski definition) is 1. The Morgan fingerprint density at radius 2 is 1.69 bits per heavy atom. The van der Waals surface area contributed by atoms with E-state index >= 15 is 0 Å². The maximum absolute atomic E-state index is 12.6. The second-order valence-electron chi connectivity index (χ2n) is 6.57. The van der Waals surface area contributed by atoms with Gasteiger partial charge in [-0.25, -0.2) is 0 Å². The topological polar surface area (TPSA) is 113 Å². The summed E-state index contributed by atoms with van der Waals surface area (Å²) in [6, 6.07) is 11.9. The van der Waals surface area contributed by atoms with E-state index < -0.39 is 4.92 Å². The first-order chi connectivity index (χ1) is 13.9. The smallest absolute Gasteiger partial charge is 0.270 e. The molecule has 1 aliphatic rings. The summed E-state index contributed by atoms with van der Waals surface area (Å²) in [4.78, 5) is 38.5. The minimum atomic E-state index is -0.534. The Kier molecular flexibility index (Phi) is 6.28. The number of nitrogens with zero attached hydrogens (tertiary/aromatic N) is 3. The van der Waals surface area contributed by atoms with E-state index in [1.54, 1.807) is 28.0 Å². The number of aromatic hydroxyl groups is 1. The molecule has 9 nitrogen and oxygen atoms in total. The lowest BCUT2D eigenvalue weighted by Gasteiger charge is -2.34. The Balaban J connectivity index is 1.46. The molecular formula is C20H21N3O6. The number of phenols is 1. The summed E-state index contributed by atoms with van der Waals surface area (Å²) in [7, 11) is 0. The third kappa shape index (κ3) is 5.22. The van der Waals surface area contributed by atoms with Crippen molar-refractivity contribution in [2.75, 3.05) is 32.8 Å². The molecule has 0 atom stereocenters. The number of piperazine rings is 1. The van der Waals surface area contributed by atoms with Gasteiger partial charge in [0, 0.05) is 43.9 Å². The predicted octanol–water partition coefficient (Wildman–Crippen LogP) is 2.05. The second kappa shape index (κ2) is 9.05. The first-order valence-electron chi connectivity index (χ1n) is 9.17. The van der Waals surface area contributed by atoms with E-state index in [1.165, 1.54) is 30.3 Å². The van der Waals surface area contributed by atoms with Gasteiger partial charge in [-0.15, -0.1) is 0 Å².